The van der Waals surface area contributed by atoms with Gasteiger partial charge in [-0.2, -0.15) is 0 Å². The first-order valence-electron chi connectivity index (χ1n) is 5.39. The number of halogens is 2. The SMILES string of the molecule is O=C(Cl)CCN(CCc1ccc(Cl)cc1)C(=O)O. The fraction of sp³-hybridized carbons (Fsp3) is 0.333. The summed E-state index contributed by atoms with van der Waals surface area (Å²) in [5.74, 6) is 0. The van der Waals surface area contributed by atoms with Crippen LogP contribution in [0.2, 0.25) is 5.02 Å². The van der Waals surface area contributed by atoms with E-state index in [1.807, 2.05) is 12.1 Å². The average molecular weight is 290 g/mol. The summed E-state index contributed by atoms with van der Waals surface area (Å²) in [6, 6.07) is 7.19. The Bertz CT molecular complexity index is 420. The van der Waals surface area contributed by atoms with Crippen molar-refractivity contribution in [1.82, 2.24) is 4.90 Å². The molecule has 1 aromatic carbocycles. The van der Waals surface area contributed by atoms with Gasteiger partial charge in [-0.25, -0.2) is 4.79 Å². The molecule has 1 rings (SSSR count). The number of hydrogen-bond acceptors (Lipinski definition) is 2. The van der Waals surface area contributed by atoms with Gasteiger partial charge >= 0.3 is 6.09 Å². The summed E-state index contributed by atoms with van der Waals surface area (Å²) in [6.07, 6.45) is -0.462. The molecule has 1 N–H and O–H groups in total. The Kier molecular flexibility index (Phi) is 5.95. The molecule has 0 fully saturated rings. The van der Waals surface area contributed by atoms with E-state index in [-0.39, 0.29) is 13.0 Å². The third kappa shape index (κ3) is 5.38. The number of rotatable bonds is 6. The highest BCUT2D eigenvalue weighted by atomic mass is 35.5. The van der Waals surface area contributed by atoms with Crippen LogP contribution in [0.3, 0.4) is 0 Å². The molecule has 0 aliphatic carbocycles. The lowest BCUT2D eigenvalue weighted by Gasteiger charge is -2.18. The molecule has 98 valence electrons. The molecule has 0 aliphatic heterocycles. The van der Waals surface area contributed by atoms with Crippen LogP contribution in [0.15, 0.2) is 24.3 Å². The molecule has 0 bridgehead atoms. The summed E-state index contributed by atoms with van der Waals surface area (Å²) in [7, 11) is 0. The van der Waals surface area contributed by atoms with E-state index in [9.17, 15) is 9.59 Å². The van der Waals surface area contributed by atoms with Crippen LogP contribution in [-0.4, -0.2) is 34.4 Å². The molecule has 0 aromatic heterocycles. The Morgan fingerprint density at radius 1 is 1.17 bits per heavy atom. The number of nitrogens with zero attached hydrogens (tertiary/aromatic N) is 1. The van der Waals surface area contributed by atoms with Crippen LogP contribution >= 0.6 is 23.2 Å². The van der Waals surface area contributed by atoms with Crippen molar-refractivity contribution in [3.63, 3.8) is 0 Å². The zero-order valence-electron chi connectivity index (χ0n) is 9.60. The minimum Gasteiger partial charge on any atom is -0.465 e. The van der Waals surface area contributed by atoms with Gasteiger partial charge in [-0.05, 0) is 35.7 Å². The fourth-order valence-corrected chi connectivity index (χ4v) is 1.65. The molecule has 0 spiro atoms. The molecule has 6 heteroatoms. The lowest BCUT2D eigenvalue weighted by atomic mass is 10.1. The Hall–Kier alpha value is -1.26. The first-order valence-corrected chi connectivity index (χ1v) is 6.15. The highest BCUT2D eigenvalue weighted by Gasteiger charge is 2.12. The van der Waals surface area contributed by atoms with E-state index in [0.717, 1.165) is 5.56 Å². The van der Waals surface area contributed by atoms with Gasteiger partial charge in [0.25, 0.3) is 0 Å². The minimum atomic E-state index is -1.05. The van der Waals surface area contributed by atoms with Crippen LogP contribution in [0.5, 0.6) is 0 Å². The van der Waals surface area contributed by atoms with Gasteiger partial charge < -0.3 is 10.0 Å². The Morgan fingerprint density at radius 2 is 1.78 bits per heavy atom. The summed E-state index contributed by atoms with van der Waals surface area (Å²) in [6.45, 7) is 0.437. The van der Waals surface area contributed by atoms with Crippen molar-refractivity contribution in [2.24, 2.45) is 0 Å². The van der Waals surface area contributed by atoms with Crippen molar-refractivity contribution in [3.05, 3.63) is 34.9 Å². The molecule has 0 heterocycles. The van der Waals surface area contributed by atoms with Crippen molar-refractivity contribution >= 4 is 34.5 Å². The van der Waals surface area contributed by atoms with Crippen LogP contribution in [0.25, 0.3) is 0 Å². The van der Waals surface area contributed by atoms with Gasteiger partial charge in [-0.15, -0.1) is 0 Å². The first-order chi connectivity index (χ1) is 8.49. The standard InChI is InChI=1S/C12H13Cl2NO3/c13-10-3-1-9(2-4-10)5-7-15(12(17)18)8-6-11(14)16/h1-4H,5-8H2,(H,17,18). The van der Waals surface area contributed by atoms with E-state index in [0.29, 0.717) is 18.0 Å². The molecule has 0 atom stereocenters. The number of amides is 1. The molecule has 1 aromatic rings. The zero-order chi connectivity index (χ0) is 13.5. The highest BCUT2D eigenvalue weighted by Crippen LogP contribution is 2.10. The van der Waals surface area contributed by atoms with Crippen LogP contribution in [-0.2, 0) is 11.2 Å². The number of hydrogen-bond donors (Lipinski definition) is 1. The highest BCUT2D eigenvalue weighted by molar-refractivity contribution is 6.63. The van der Waals surface area contributed by atoms with Gasteiger partial charge in [0, 0.05) is 24.5 Å². The van der Waals surface area contributed by atoms with Crippen molar-refractivity contribution in [1.29, 1.82) is 0 Å². The number of carbonyl (C=O) groups is 2. The monoisotopic (exact) mass is 289 g/mol. The molecule has 1 amide bonds. The smallest absolute Gasteiger partial charge is 0.407 e. The Labute approximate surface area is 115 Å². The van der Waals surface area contributed by atoms with Crippen molar-refractivity contribution < 1.29 is 14.7 Å². The van der Waals surface area contributed by atoms with Crippen molar-refractivity contribution in [2.75, 3.05) is 13.1 Å². The lowest BCUT2D eigenvalue weighted by molar-refractivity contribution is -0.111. The fourth-order valence-electron chi connectivity index (χ4n) is 1.44. The normalized spacial score (nSPS) is 10.1. The molecule has 0 saturated heterocycles. The second-order valence-corrected chi connectivity index (χ2v) is 4.61. The van der Waals surface area contributed by atoms with Crippen molar-refractivity contribution in [2.45, 2.75) is 12.8 Å². The Morgan fingerprint density at radius 3 is 2.28 bits per heavy atom. The molecule has 18 heavy (non-hydrogen) atoms. The number of carbonyl (C=O) groups excluding carboxylic acids is 1. The zero-order valence-corrected chi connectivity index (χ0v) is 11.1. The predicted molar refractivity (Wildman–Crippen MR) is 70.2 cm³/mol. The third-order valence-corrected chi connectivity index (χ3v) is 2.87. The molecule has 0 saturated carbocycles. The van der Waals surface area contributed by atoms with Crippen LogP contribution in [0.1, 0.15) is 12.0 Å². The van der Waals surface area contributed by atoms with Gasteiger partial charge in [0.2, 0.25) is 5.24 Å². The molecule has 0 aliphatic rings. The van der Waals surface area contributed by atoms with Crippen LogP contribution in [0, 0.1) is 0 Å². The predicted octanol–water partition coefficient (Wildman–Crippen LogP) is 3.02. The van der Waals surface area contributed by atoms with Crippen LogP contribution < -0.4 is 0 Å². The van der Waals surface area contributed by atoms with Gasteiger partial charge in [-0.1, -0.05) is 23.7 Å². The van der Waals surface area contributed by atoms with E-state index in [1.54, 1.807) is 12.1 Å². The van der Waals surface area contributed by atoms with Gasteiger partial charge in [-0.3, -0.25) is 4.79 Å². The number of carboxylic acid groups (broad SMARTS) is 1. The van der Waals surface area contributed by atoms with Gasteiger partial charge in [0.1, 0.15) is 0 Å². The summed E-state index contributed by atoms with van der Waals surface area (Å²) >= 11 is 10.9. The summed E-state index contributed by atoms with van der Waals surface area (Å²) in [4.78, 5) is 22.7. The van der Waals surface area contributed by atoms with E-state index in [1.165, 1.54) is 4.90 Å². The van der Waals surface area contributed by atoms with Gasteiger partial charge in [0.05, 0.1) is 0 Å². The molecule has 0 radical (unpaired) electrons. The average Bonchev–Trinajstić information content (AvgIpc) is 2.30. The van der Waals surface area contributed by atoms with Crippen LogP contribution in [0.4, 0.5) is 4.79 Å². The van der Waals surface area contributed by atoms with E-state index >= 15 is 0 Å². The molecule has 0 unspecified atom stereocenters. The van der Waals surface area contributed by atoms with E-state index in [4.69, 9.17) is 28.3 Å². The topological polar surface area (TPSA) is 57.6 Å². The second-order valence-electron chi connectivity index (χ2n) is 3.75. The third-order valence-electron chi connectivity index (χ3n) is 2.43. The number of benzene rings is 1. The maximum absolute atomic E-state index is 10.9. The van der Waals surface area contributed by atoms with E-state index in [2.05, 4.69) is 0 Å². The molecule has 4 nitrogen and oxygen atoms in total. The minimum absolute atomic E-state index is 0.0223. The maximum Gasteiger partial charge on any atom is 0.407 e. The lowest BCUT2D eigenvalue weighted by Crippen LogP contribution is -2.33. The molecular formula is C12H13Cl2NO3. The summed E-state index contributed by atoms with van der Waals surface area (Å²) < 4.78 is 0. The second kappa shape index (κ2) is 7.24. The summed E-state index contributed by atoms with van der Waals surface area (Å²) in [5, 5.41) is 9.06. The van der Waals surface area contributed by atoms with Crippen molar-refractivity contribution in [3.8, 4) is 0 Å². The Balaban J connectivity index is 2.49. The van der Waals surface area contributed by atoms with E-state index < -0.39 is 11.3 Å². The quantitative estimate of drug-likeness (QED) is 0.819. The summed E-state index contributed by atoms with van der Waals surface area (Å²) in [5.41, 5.74) is 0.989. The van der Waals surface area contributed by atoms with Gasteiger partial charge in [0.15, 0.2) is 0 Å². The first kappa shape index (κ1) is 14.8. The maximum atomic E-state index is 10.9. The largest absolute Gasteiger partial charge is 0.465 e. The molecular weight excluding hydrogens is 277 g/mol.